The van der Waals surface area contributed by atoms with Crippen LogP contribution in [-0.4, -0.2) is 23.5 Å². The minimum absolute atomic E-state index is 0.759. The van der Waals surface area contributed by atoms with Crippen molar-refractivity contribution in [3.63, 3.8) is 0 Å². The lowest BCUT2D eigenvalue weighted by molar-refractivity contribution is 0.182. The minimum Gasteiger partial charge on any atom is -0.380 e. The summed E-state index contributed by atoms with van der Waals surface area (Å²) in [6.07, 6.45) is 2.26. The zero-order chi connectivity index (χ0) is 8.20. The molecule has 1 unspecified atom stereocenters. The first-order valence-electron chi connectivity index (χ1n) is 3.40. The first-order valence-corrected chi connectivity index (χ1v) is 3.40. The molecule has 0 aromatic carbocycles. The summed E-state index contributed by atoms with van der Waals surface area (Å²) in [6.45, 7) is 7.16. The molecule has 0 aliphatic rings. The fourth-order valence-electron chi connectivity index (χ4n) is 0.860. The van der Waals surface area contributed by atoms with Gasteiger partial charge in [-0.25, -0.2) is 0 Å². The van der Waals surface area contributed by atoms with Crippen molar-refractivity contribution in [2.75, 3.05) is 7.05 Å². The summed E-state index contributed by atoms with van der Waals surface area (Å²) in [5.41, 5.74) is -0.161. The van der Waals surface area contributed by atoms with Gasteiger partial charge in [0.1, 0.15) is 5.60 Å². The number of hydrogen-bond acceptors (Lipinski definition) is 2. The molecular formula is C8H15NO. The highest BCUT2D eigenvalue weighted by molar-refractivity contribution is 5.93. The number of aliphatic hydroxyl groups is 1. The highest BCUT2D eigenvalue weighted by Gasteiger charge is 2.20. The van der Waals surface area contributed by atoms with E-state index in [1.165, 1.54) is 6.08 Å². The number of nitrogens with zero attached hydrogens (tertiary/aromatic N) is 1. The lowest BCUT2D eigenvalue weighted by Crippen LogP contribution is -2.31. The number of hydrogen-bond donors (Lipinski definition) is 1. The summed E-state index contributed by atoms with van der Waals surface area (Å²) < 4.78 is 0. The van der Waals surface area contributed by atoms with Crippen LogP contribution in [0.15, 0.2) is 17.6 Å². The van der Waals surface area contributed by atoms with Crippen LogP contribution in [0.1, 0.15) is 20.3 Å². The third-order valence-electron chi connectivity index (χ3n) is 1.59. The Morgan fingerprint density at radius 3 is 2.40 bits per heavy atom. The van der Waals surface area contributed by atoms with Gasteiger partial charge >= 0.3 is 0 Å². The van der Waals surface area contributed by atoms with E-state index in [1.54, 1.807) is 14.0 Å². The van der Waals surface area contributed by atoms with Crippen LogP contribution in [0.3, 0.4) is 0 Å². The molecule has 0 fully saturated rings. The van der Waals surface area contributed by atoms with E-state index in [-0.39, 0.29) is 0 Å². The Bertz CT molecular complexity index is 147. The van der Waals surface area contributed by atoms with Crippen molar-refractivity contribution in [3.8, 4) is 0 Å². The number of rotatable bonds is 3. The average molecular weight is 141 g/mol. The molecule has 0 saturated carbocycles. The summed E-state index contributed by atoms with van der Waals surface area (Å²) in [4.78, 5) is 3.94. The largest absolute Gasteiger partial charge is 0.380 e. The van der Waals surface area contributed by atoms with Crippen LogP contribution in [0, 0.1) is 0 Å². The molecule has 0 aromatic heterocycles. The van der Waals surface area contributed by atoms with Gasteiger partial charge in [-0.1, -0.05) is 19.6 Å². The second-order valence-corrected chi connectivity index (χ2v) is 2.38. The van der Waals surface area contributed by atoms with E-state index in [2.05, 4.69) is 11.6 Å². The second-order valence-electron chi connectivity index (χ2n) is 2.38. The van der Waals surface area contributed by atoms with Crippen molar-refractivity contribution in [1.82, 2.24) is 0 Å². The second kappa shape index (κ2) is 3.52. The fourth-order valence-corrected chi connectivity index (χ4v) is 0.860. The Morgan fingerprint density at radius 1 is 1.80 bits per heavy atom. The van der Waals surface area contributed by atoms with Gasteiger partial charge in [0, 0.05) is 12.8 Å². The molecule has 0 aliphatic heterocycles. The predicted molar refractivity (Wildman–Crippen MR) is 44.5 cm³/mol. The zero-order valence-electron chi connectivity index (χ0n) is 6.89. The third-order valence-corrected chi connectivity index (χ3v) is 1.59. The molecule has 1 atom stereocenters. The summed E-state index contributed by atoms with van der Waals surface area (Å²) in [5.74, 6) is 0. The van der Waals surface area contributed by atoms with E-state index >= 15 is 0 Å². The van der Waals surface area contributed by atoms with Gasteiger partial charge in [-0.15, -0.1) is 0 Å². The molecule has 0 radical (unpaired) electrons. The molecule has 1 N–H and O–H groups in total. The van der Waals surface area contributed by atoms with Gasteiger partial charge in [0.2, 0.25) is 0 Å². The zero-order valence-corrected chi connectivity index (χ0v) is 6.89. The van der Waals surface area contributed by atoms with Crippen molar-refractivity contribution < 1.29 is 5.11 Å². The Morgan fingerprint density at radius 2 is 2.30 bits per heavy atom. The van der Waals surface area contributed by atoms with Crippen molar-refractivity contribution in [1.29, 1.82) is 0 Å². The number of aliphatic imine (C=N–C) groups is 1. The summed E-state index contributed by atoms with van der Waals surface area (Å²) >= 11 is 0. The Balaban J connectivity index is 4.43. The molecule has 2 heteroatoms. The molecule has 0 heterocycles. The van der Waals surface area contributed by atoms with Gasteiger partial charge in [0.25, 0.3) is 0 Å². The van der Waals surface area contributed by atoms with Gasteiger partial charge in [0.15, 0.2) is 0 Å². The first kappa shape index (κ1) is 9.37. The van der Waals surface area contributed by atoms with Crippen molar-refractivity contribution in [2.24, 2.45) is 4.99 Å². The van der Waals surface area contributed by atoms with E-state index in [4.69, 9.17) is 0 Å². The minimum atomic E-state index is -0.927. The van der Waals surface area contributed by atoms with Gasteiger partial charge in [-0.2, -0.15) is 0 Å². The normalized spacial score (nSPS) is 18.2. The van der Waals surface area contributed by atoms with Crippen LogP contribution < -0.4 is 0 Å². The quantitative estimate of drug-likeness (QED) is 0.467. The highest BCUT2D eigenvalue weighted by Crippen LogP contribution is 2.09. The lowest BCUT2D eigenvalue weighted by Gasteiger charge is -2.19. The van der Waals surface area contributed by atoms with Gasteiger partial charge in [-0.3, -0.25) is 4.99 Å². The molecule has 0 aliphatic carbocycles. The molecule has 0 saturated heterocycles. The Hall–Kier alpha value is -0.630. The summed E-state index contributed by atoms with van der Waals surface area (Å²) in [7, 11) is 1.68. The smallest absolute Gasteiger partial charge is 0.117 e. The molecule has 0 spiro atoms. The van der Waals surface area contributed by atoms with Crippen LogP contribution in [0.2, 0.25) is 0 Å². The van der Waals surface area contributed by atoms with E-state index in [0.717, 1.165) is 12.1 Å². The molecule has 2 nitrogen and oxygen atoms in total. The maximum absolute atomic E-state index is 9.53. The highest BCUT2D eigenvalue weighted by atomic mass is 16.3. The van der Waals surface area contributed by atoms with Crippen LogP contribution in [0.4, 0.5) is 0 Å². The monoisotopic (exact) mass is 141 g/mol. The van der Waals surface area contributed by atoms with Crippen LogP contribution in [0.25, 0.3) is 0 Å². The Kier molecular flexibility index (Phi) is 3.30. The van der Waals surface area contributed by atoms with Crippen molar-refractivity contribution in [3.05, 3.63) is 12.7 Å². The standard InChI is InChI=1S/C8H15NO/c1-5-7(9-4)8(3,10)6-2/h6,10H,2,5H2,1,3-4H3. The Labute approximate surface area is 62.3 Å². The van der Waals surface area contributed by atoms with Crippen LogP contribution in [-0.2, 0) is 0 Å². The van der Waals surface area contributed by atoms with E-state index < -0.39 is 5.60 Å². The van der Waals surface area contributed by atoms with Gasteiger partial charge in [0.05, 0.1) is 0 Å². The van der Waals surface area contributed by atoms with E-state index in [9.17, 15) is 5.11 Å². The van der Waals surface area contributed by atoms with Crippen molar-refractivity contribution >= 4 is 5.71 Å². The van der Waals surface area contributed by atoms with E-state index in [0.29, 0.717) is 0 Å². The molecule has 0 amide bonds. The maximum atomic E-state index is 9.53. The van der Waals surface area contributed by atoms with Gasteiger partial charge < -0.3 is 5.11 Å². The molecule has 0 bridgehead atoms. The predicted octanol–water partition coefficient (Wildman–Crippen LogP) is 1.40. The topological polar surface area (TPSA) is 32.6 Å². The first-order chi connectivity index (χ1) is 4.58. The van der Waals surface area contributed by atoms with Crippen molar-refractivity contribution in [2.45, 2.75) is 25.9 Å². The van der Waals surface area contributed by atoms with Crippen LogP contribution in [0.5, 0.6) is 0 Å². The summed E-state index contributed by atoms with van der Waals surface area (Å²) in [5, 5.41) is 9.53. The lowest BCUT2D eigenvalue weighted by atomic mass is 9.98. The van der Waals surface area contributed by atoms with Gasteiger partial charge in [-0.05, 0) is 13.3 Å². The van der Waals surface area contributed by atoms with E-state index in [1.807, 2.05) is 6.92 Å². The SMILES string of the molecule is C=CC(C)(O)C(CC)=NC. The van der Waals surface area contributed by atoms with Crippen LogP contribution >= 0.6 is 0 Å². The molecule has 10 heavy (non-hydrogen) atoms. The third kappa shape index (κ3) is 1.95. The molecule has 58 valence electrons. The molecule has 0 aromatic rings. The molecule has 0 rings (SSSR count). The summed E-state index contributed by atoms with van der Waals surface area (Å²) in [6, 6.07) is 0. The fraction of sp³-hybridized carbons (Fsp3) is 0.625. The average Bonchev–Trinajstić information content (AvgIpc) is 1.90. The maximum Gasteiger partial charge on any atom is 0.117 e. The molecular weight excluding hydrogens is 126 g/mol.